The van der Waals surface area contributed by atoms with Gasteiger partial charge in [-0.2, -0.15) is 4.80 Å². The lowest BCUT2D eigenvalue weighted by atomic mass is 10.2. The van der Waals surface area contributed by atoms with E-state index in [2.05, 4.69) is 30.3 Å². The second-order valence-electron chi connectivity index (χ2n) is 6.16. The molecule has 0 aliphatic carbocycles. The first-order valence-electron chi connectivity index (χ1n) is 8.72. The van der Waals surface area contributed by atoms with Gasteiger partial charge in [-0.1, -0.05) is 42.5 Å². The summed E-state index contributed by atoms with van der Waals surface area (Å²) in [6.45, 7) is 3.15. The quantitative estimate of drug-likeness (QED) is 0.566. The maximum atomic E-state index is 12.2. The lowest BCUT2D eigenvalue weighted by Crippen LogP contribution is -2.31. The number of carbonyl (C=O) groups is 1. The molecule has 1 N–H and O–H groups in total. The highest BCUT2D eigenvalue weighted by atomic mass is 16.2. The van der Waals surface area contributed by atoms with Gasteiger partial charge in [-0.05, 0) is 24.3 Å². The van der Waals surface area contributed by atoms with Crippen molar-refractivity contribution in [3.8, 4) is 11.4 Å². The third-order valence-electron chi connectivity index (χ3n) is 4.27. The number of benzene rings is 2. The molecule has 0 atom stereocenters. The van der Waals surface area contributed by atoms with Gasteiger partial charge < -0.3 is 9.88 Å². The van der Waals surface area contributed by atoms with Crippen molar-refractivity contribution in [1.29, 1.82) is 0 Å². The zero-order valence-electron chi connectivity index (χ0n) is 14.9. The van der Waals surface area contributed by atoms with Gasteiger partial charge in [0.25, 0.3) is 0 Å². The van der Waals surface area contributed by atoms with Gasteiger partial charge >= 0.3 is 0 Å². The topological polar surface area (TPSA) is 90.5 Å². The van der Waals surface area contributed by atoms with Crippen molar-refractivity contribution in [2.75, 3.05) is 6.54 Å². The van der Waals surface area contributed by atoms with E-state index >= 15 is 0 Å². The molecule has 2 aromatic heterocycles. The second kappa shape index (κ2) is 7.36. The SMILES string of the molecule is Cc1nc2ccccc2n1CCNC(=O)Cn1nnc(-c2ccccc2)n1. The summed E-state index contributed by atoms with van der Waals surface area (Å²) in [5.41, 5.74) is 2.89. The Balaban J connectivity index is 1.34. The highest BCUT2D eigenvalue weighted by Gasteiger charge is 2.10. The predicted molar refractivity (Wildman–Crippen MR) is 101 cm³/mol. The molecule has 8 heteroatoms. The fourth-order valence-electron chi connectivity index (χ4n) is 2.98. The maximum Gasteiger partial charge on any atom is 0.243 e. The van der Waals surface area contributed by atoms with Gasteiger partial charge in [-0.15, -0.1) is 10.2 Å². The number of imidazole rings is 1. The Labute approximate surface area is 155 Å². The molecule has 8 nitrogen and oxygen atoms in total. The summed E-state index contributed by atoms with van der Waals surface area (Å²) in [5, 5.41) is 15.1. The summed E-state index contributed by atoms with van der Waals surface area (Å²) in [4.78, 5) is 18.0. The monoisotopic (exact) mass is 361 g/mol. The van der Waals surface area contributed by atoms with Crippen molar-refractivity contribution >= 4 is 16.9 Å². The first-order chi connectivity index (χ1) is 13.2. The maximum absolute atomic E-state index is 12.2. The standard InChI is InChI=1S/C19H19N7O/c1-14-21-16-9-5-6-10-17(16)25(14)12-11-20-18(27)13-26-23-19(22-24-26)15-7-3-2-4-8-15/h2-10H,11-13H2,1H3,(H,20,27). The molecule has 2 heterocycles. The van der Waals surface area contributed by atoms with Gasteiger partial charge in [0.15, 0.2) is 0 Å². The van der Waals surface area contributed by atoms with Crippen LogP contribution >= 0.6 is 0 Å². The Morgan fingerprint density at radius 1 is 1.07 bits per heavy atom. The van der Waals surface area contributed by atoms with Crippen LogP contribution < -0.4 is 5.32 Å². The fraction of sp³-hybridized carbons (Fsp3) is 0.211. The molecule has 136 valence electrons. The van der Waals surface area contributed by atoms with Crippen molar-refractivity contribution in [1.82, 2.24) is 35.1 Å². The average Bonchev–Trinajstić information content (AvgIpc) is 3.27. The summed E-state index contributed by atoms with van der Waals surface area (Å²) >= 11 is 0. The van der Waals surface area contributed by atoms with Crippen LogP contribution in [-0.2, 0) is 17.9 Å². The van der Waals surface area contributed by atoms with E-state index in [0.29, 0.717) is 18.9 Å². The van der Waals surface area contributed by atoms with Crippen LogP contribution in [0, 0.1) is 6.92 Å². The Morgan fingerprint density at radius 3 is 2.70 bits per heavy atom. The van der Waals surface area contributed by atoms with E-state index in [1.54, 1.807) is 0 Å². The molecule has 0 saturated carbocycles. The largest absolute Gasteiger partial charge is 0.353 e. The van der Waals surface area contributed by atoms with Crippen LogP contribution in [0.15, 0.2) is 54.6 Å². The second-order valence-corrected chi connectivity index (χ2v) is 6.16. The molecule has 27 heavy (non-hydrogen) atoms. The van der Waals surface area contributed by atoms with E-state index in [4.69, 9.17) is 0 Å². The highest BCUT2D eigenvalue weighted by Crippen LogP contribution is 2.15. The van der Waals surface area contributed by atoms with Gasteiger partial charge in [0.1, 0.15) is 12.4 Å². The molecule has 0 bridgehead atoms. The summed E-state index contributed by atoms with van der Waals surface area (Å²) < 4.78 is 2.09. The molecule has 0 radical (unpaired) electrons. The number of rotatable bonds is 6. The van der Waals surface area contributed by atoms with Crippen molar-refractivity contribution in [3.63, 3.8) is 0 Å². The number of nitrogens with zero attached hydrogens (tertiary/aromatic N) is 6. The summed E-state index contributed by atoms with van der Waals surface area (Å²) in [5.74, 6) is 1.27. The summed E-state index contributed by atoms with van der Waals surface area (Å²) in [7, 11) is 0. The van der Waals surface area contributed by atoms with Gasteiger partial charge in [-0.25, -0.2) is 4.98 Å². The minimum absolute atomic E-state index is 0.0312. The molecule has 4 rings (SSSR count). The number of amides is 1. The van der Waals surface area contributed by atoms with Crippen LogP contribution in [-0.4, -0.2) is 42.2 Å². The first kappa shape index (κ1) is 16.9. The van der Waals surface area contributed by atoms with E-state index in [0.717, 1.165) is 22.4 Å². The third kappa shape index (κ3) is 3.69. The number of fused-ring (bicyclic) bond motifs is 1. The van der Waals surface area contributed by atoms with Gasteiger partial charge in [0, 0.05) is 18.7 Å². The summed E-state index contributed by atoms with van der Waals surface area (Å²) in [6, 6.07) is 17.5. The van der Waals surface area contributed by atoms with E-state index in [-0.39, 0.29) is 12.5 Å². The van der Waals surface area contributed by atoms with Crippen LogP contribution in [0.25, 0.3) is 22.4 Å². The minimum Gasteiger partial charge on any atom is -0.353 e. The normalized spacial score (nSPS) is 11.0. The number of hydrogen-bond acceptors (Lipinski definition) is 5. The number of aryl methyl sites for hydroxylation is 1. The summed E-state index contributed by atoms with van der Waals surface area (Å²) in [6.07, 6.45) is 0. The lowest BCUT2D eigenvalue weighted by Gasteiger charge is -2.08. The highest BCUT2D eigenvalue weighted by molar-refractivity contribution is 5.76. The fourth-order valence-corrected chi connectivity index (χ4v) is 2.98. The number of para-hydroxylation sites is 2. The molecule has 0 fully saturated rings. The number of hydrogen-bond donors (Lipinski definition) is 1. The lowest BCUT2D eigenvalue weighted by molar-refractivity contribution is -0.122. The molecule has 0 saturated heterocycles. The van der Waals surface area contributed by atoms with Crippen molar-refractivity contribution < 1.29 is 4.79 Å². The molecule has 0 spiro atoms. The Bertz CT molecular complexity index is 1070. The van der Waals surface area contributed by atoms with E-state index in [9.17, 15) is 4.79 Å². The van der Waals surface area contributed by atoms with Crippen LogP contribution in [0.1, 0.15) is 5.82 Å². The Morgan fingerprint density at radius 2 is 1.85 bits per heavy atom. The molecular formula is C19H19N7O. The van der Waals surface area contributed by atoms with Crippen LogP contribution in [0.2, 0.25) is 0 Å². The molecule has 0 unspecified atom stereocenters. The predicted octanol–water partition coefficient (Wildman–Crippen LogP) is 1.81. The van der Waals surface area contributed by atoms with Crippen LogP contribution in [0.4, 0.5) is 0 Å². The molecular weight excluding hydrogens is 342 g/mol. The van der Waals surface area contributed by atoms with Crippen molar-refractivity contribution in [2.24, 2.45) is 0 Å². The van der Waals surface area contributed by atoms with Crippen LogP contribution in [0.5, 0.6) is 0 Å². The molecule has 4 aromatic rings. The molecule has 1 amide bonds. The minimum atomic E-state index is -0.158. The number of nitrogens with one attached hydrogen (secondary N) is 1. The molecule has 0 aliphatic rings. The van der Waals surface area contributed by atoms with E-state index in [1.807, 2.05) is 61.5 Å². The average molecular weight is 361 g/mol. The van der Waals surface area contributed by atoms with Crippen molar-refractivity contribution in [3.05, 3.63) is 60.4 Å². The molecule has 2 aromatic carbocycles. The van der Waals surface area contributed by atoms with Gasteiger partial charge in [0.05, 0.1) is 11.0 Å². The van der Waals surface area contributed by atoms with Crippen LogP contribution in [0.3, 0.4) is 0 Å². The number of aromatic nitrogens is 6. The zero-order valence-corrected chi connectivity index (χ0v) is 14.9. The zero-order chi connectivity index (χ0) is 18.6. The van der Waals surface area contributed by atoms with E-state index in [1.165, 1.54) is 4.80 Å². The third-order valence-corrected chi connectivity index (χ3v) is 4.27. The Hall–Kier alpha value is -3.55. The molecule has 0 aliphatic heterocycles. The van der Waals surface area contributed by atoms with Gasteiger partial charge in [0.2, 0.25) is 11.7 Å². The Kier molecular flexibility index (Phi) is 4.61. The van der Waals surface area contributed by atoms with E-state index < -0.39 is 0 Å². The smallest absolute Gasteiger partial charge is 0.243 e. The number of tetrazole rings is 1. The van der Waals surface area contributed by atoms with Crippen molar-refractivity contribution in [2.45, 2.75) is 20.0 Å². The van der Waals surface area contributed by atoms with Gasteiger partial charge in [-0.3, -0.25) is 4.79 Å². The first-order valence-corrected chi connectivity index (χ1v) is 8.72. The number of carbonyl (C=O) groups excluding carboxylic acids is 1.